The minimum atomic E-state index is 0.599. The molecule has 0 aliphatic carbocycles. The Balaban J connectivity index is 1.91. The molecule has 126 valence electrons. The Morgan fingerprint density at radius 2 is 1.83 bits per heavy atom. The van der Waals surface area contributed by atoms with Gasteiger partial charge in [0, 0.05) is 10.4 Å². The van der Waals surface area contributed by atoms with Crippen molar-refractivity contribution in [2.75, 3.05) is 0 Å². The summed E-state index contributed by atoms with van der Waals surface area (Å²) in [5, 5.41) is 8.53. The van der Waals surface area contributed by atoms with Crippen molar-refractivity contribution in [1.82, 2.24) is 10.2 Å². The summed E-state index contributed by atoms with van der Waals surface area (Å²) in [6.07, 6.45) is 2.09. The van der Waals surface area contributed by atoms with E-state index in [1.807, 2.05) is 0 Å². The van der Waals surface area contributed by atoms with Gasteiger partial charge in [-0.1, -0.05) is 20.8 Å². The first kappa shape index (κ1) is 16.9. The summed E-state index contributed by atoms with van der Waals surface area (Å²) >= 11 is 1.74. The minimum Gasteiger partial charge on any atom is -0.415 e. The largest absolute Gasteiger partial charge is 0.415 e. The molecule has 0 aliphatic heterocycles. The van der Waals surface area contributed by atoms with Crippen molar-refractivity contribution < 1.29 is 4.42 Å². The molecule has 0 amide bonds. The highest BCUT2D eigenvalue weighted by Gasteiger charge is 2.14. The molecule has 3 rings (SSSR count). The lowest BCUT2D eigenvalue weighted by Gasteiger charge is -2.08. The van der Waals surface area contributed by atoms with Crippen LogP contribution in [0.4, 0.5) is 0 Å². The summed E-state index contributed by atoms with van der Waals surface area (Å²) in [4.78, 5) is 2.41. The molecule has 0 saturated carbocycles. The second kappa shape index (κ2) is 6.89. The van der Waals surface area contributed by atoms with E-state index in [1.165, 1.54) is 21.6 Å². The fourth-order valence-electron chi connectivity index (χ4n) is 2.87. The monoisotopic (exact) mass is 340 g/mol. The SMILES string of the molecule is CCc1cc(-c2nnc(-c3ccc(CC(C)C)s3)o2)cc(C)c1C. The highest BCUT2D eigenvalue weighted by molar-refractivity contribution is 7.15. The van der Waals surface area contributed by atoms with Crippen molar-refractivity contribution in [3.05, 3.63) is 45.8 Å². The number of nitrogens with zero attached hydrogens (tertiary/aromatic N) is 2. The van der Waals surface area contributed by atoms with E-state index in [4.69, 9.17) is 4.42 Å². The van der Waals surface area contributed by atoms with Crippen LogP contribution < -0.4 is 0 Å². The molecule has 4 heteroatoms. The zero-order valence-corrected chi connectivity index (χ0v) is 15.8. The van der Waals surface area contributed by atoms with Crippen LogP contribution in [-0.2, 0) is 12.8 Å². The standard InChI is InChI=1S/C20H24N2OS/c1-6-15-11-16(10-13(4)14(15)5)19-21-22-20(23-19)18-8-7-17(24-18)9-12(2)3/h7-8,10-12H,6,9H2,1-5H3. The van der Waals surface area contributed by atoms with Crippen LogP contribution in [0.5, 0.6) is 0 Å². The molecular formula is C20H24N2OS. The Labute approximate surface area is 147 Å². The lowest BCUT2D eigenvalue weighted by Crippen LogP contribution is -1.92. The first-order valence-electron chi connectivity index (χ1n) is 8.51. The van der Waals surface area contributed by atoms with Crippen molar-refractivity contribution in [2.45, 2.75) is 47.5 Å². The molecule has 0 aliphatic rings. The third-order valence-electron chi connectivity index (χ3n) is 4.31. The van der Waals surface area contributed by atoms with Crippen LogP contribution in [0.3, 0.4) is 0 Å². The molecule has 0 fully saturated rings. The van der Waals surface area contributed by atoms with Crippen LogP contribution >= 0.6 is 11.3 Å². The Morgan fingerprint density at radius 3 is 2.54 bits per heavy atom. The minimum absolute atomic E-state index is 0.599. The van der Waals surface area contributed by atoms with Gasteiger partial charge in [-0.3, -0.25) is 0 Å². The fourth-order valence-corrected chi connectivity index (χ4v) is 4.01. The van der Waals surface area contributed by atoms with Crippen LogP contribution in [0.15, 0.2) is 28.7 Å². The topological polar surface area (TPSA) is 38.9 Å². The second-order valence-corrected chi connectivity index (χ2v) is 7.88. The van der Waals surface area contributed by atoms with Crippen LogP contribution in [-0.4, -0.2) is 10.2 Å². The van der Waals surface area contributed by atoms with Crippen LogP contribution in [0.2, 0.25) is 0 Å². The van der Waals surface area contributed by atoms with E-state index in [2.05, 4.69) is 69.1 Å². The number of hydrogen-bond acceptors (Lipinski definition) is 4. The molecule has 0 N–H and O–H groups in total. The highest BCUT2D eigenvalue weighted by atomic mass is 32.1. The fraction of sp³-hybridized carbons (Fsp3) is 0.400. The van der Waals surface area contributed by atoms with Gasteiger partial charge in [0.1, 0.15) is 0 Å². The number of benzene rings is 1. The molecule has 3 nitrogen and oxygen atoms in total. The molecule has 0 saturated heterocycles. The molecule has 3 aromatic rings. The zero-order chi connectivity index (χ0) is 17.3. The lowest BCUT2D eigenvalue weighted by molar-refractivity contribution is 0.586. The number of thiophene rings is 1. The lowest BCUT2D eigenvalue weighted by atomic mass is 9.98. The maximum absolute atomic E-state index is 5.96. The summed E-state index contributed by atoms with van der Waals surface area (Å²) in [7, 11) is 0. The van der Waals surface area contributed by atoms with Gasteiger partial charge in [0.05, 0.1) is 4.88 Å². The third kappa shape index (κ3) is 3.44. The Hall–Kier alpha value is -1.94. The first-order valence-corrected chi connectivity index (χ1v) is 9.32. The molecule has 0 atom stereocenters. The van der Waals surface area contributed by atoms with Gasteiger partial charge in [0.2, 0.25) is 5.89 Å². The summed E-state index contributed by atoms with van der Waals surface area (Å²) in [6, 6.07) is 8.54. The van der Waals surface area contributed by atoms with Crippen molar-refractivity contribution in [1.29, 1.82) is 0 Å². The number of hydrogen-bond donors (Lipinski definition) is 0. The van der Waals surface area contributed by atoms with E-state index in [0.717, 1.165) is 23.3 Å². The number of aromatic nitrogens is 2. The maximum atomic E-state index is 5.96. The van der Waals surface area contributed by atoms with Crippen molar-refractivity contribution in [3.8, 4) is 22.2 Å². The van der Waals surface area contributed by atoms with Crippen molar-refractivity contribution in [2.24, 2.45) is 5.92 Å². The highest BCUT2D eigenvalue weighted by Crippen LogP contribution is 2.31. The van der Waals surface area contributed by atoms with Gasteiger partial charge < -0.3 is 4.42 Å². The Bertz CT molecular complexity index is 845. The Morgan fingerprint density at radius 1 is 1.08 bits per heavy atom. The summed E-state index contributed by atoms with van der Waals surface area (Å²) in [5.74, 6) is 1.86. The Kier molecular flexibility index (Phi) is 4.86. The van der Waals surface area contributed by atoms with E-state index in [1.54, 1.807) is 11.3 Å². The van der Waals surface area contributed by atoms with E-state index in [-0.39, 0.29) is 0 Å². The van der Waals surface area contributed by atoms with Crippen molar-refractivity contribution in [3.63, 3.8) is 0 Å². The van der Waals surface area contributed by atoms with Crippen LogP contribution in [0.1, 0.15) is 42.3 Å². The molecule has 1 aromatic carbocycles. The second-order valence-electron chi connectivity index (χ2n) is 6.71. The molecule has 0 spiro atoms. The molecule has 24 heavy (non-hydrogen) atoms. The van der Waals surface area contributed by atoms with E-state index >= 15 is 0 Å². The smallest absolute Gasteiger partial charge is 0.258 e. The number of rotatable bonds is 5. The van der Waals surface area contributed by atoms with E-state index in [0.29, 0.717) is 17.7 Å². The molecule has 0 bridgehead atoms. The third-order valence-corrected chi connectivity index (χ3v) is 5.41. The van der Waals surface area contributed by atoms with Crippen LogP contribution in [0, 0.1) is 19.8 Å². The van der Waals surface area contributed by atoms with Crippen molar-refractivity contribution >= 4 is 11.3 Å². The quantitative estimate of drug-likeness (QED) is 0.585. The van der Waals surface area contributed by atoms with E-state index in [9.17, 15) is 0 Å². The average Bonchev–Trinajstić information content (AvgIpc) is 3.18. The normalized spacial score (nSPS) is 11.4. The first-order chi connectivity index (χ1) is 11.5. The zero-order valence-electron chi connectivity index (χ0n) is 15.0. The van der Waals surface area contributed by atoms with Gasteiger partial charge in [-0.15, -0.1) is 21.5 Å². The molecular weight excluding hydrogens is 316 g/mol. The molecule has 2 aromatic heterocycles. The van der Waals surface area contributed by atoms with Gasteiger partial charge in [0.15, 0.2) is 0 Å². The maximum Gasteiger partial charge on any atom is 0.258 e. The molecule has 0 radical (unpaired) electrons. The molecule has 0 unspecified atom stereocenters. The van der Waals surface area contributed by atoms with Gasteiger partial charge in [0.25, 0.3) is 5.89 Å². The van der Waals surface area contributed by atoms with E-state index < -0.39 is 0 Å². The summed E-state index contributed by atoms with van der Waals surface area (Å²) in [6.45, 7) is 10.9. The van der Waals surface area contributed by atoms with Crippen LogP contribution in [0.25, 0.3) is 22.2 Å². The summed E-state index contributed by atoms with van der Waals surface area (Å²) < 4.78 is 5.96. The van der Waals surface area contributed by atoms with Gasteiger partial charge in [-0.2, -0.15) is 0 Å². The average molecular weight is 340 g/mol. The van der Waals surface area contributed by atoms with Gasteiger partial charge >= 0.3 is 0 Å². The summed E-state index contributed by atoms with van der Waals surface area (Å²) in [5.41, 5.74) is 4.95. The van der Waals surface area contributed by atoms with Gasteiger partial charge in [-0.05, 0) is 73.6 Å². The molecule has 2 heterocycles. The van der Waals surface area contributed by atoms with Gasteiger partial charge in [-0.25, -0.2) is 0 Å². The predicted octanol–water partition coefficient (Wildman–Crippen LogP) is 5.84. The number of aryl methyl sites for hydroxylation is 2. The predicted molar refractivity (Wildman–Crippen MR) is 100 cm³/mol.